The number of hydrogen-bond acceptors (Lipinski definition) is 3. The maximum absolute atomic E-state index is 6.24. The van der Waals surface area contributed by atoms with Gasteiger partial charge in [-0.15, -0.1) is 0 Å². The van der Waals surface area contributed by atoms with Crippen LogP contribution in [0.3, 0.4) is 0 Å². The van der Waals surface area contributed by atoms with Crippen LogP contribution in [-0.2, 0) is 15.9 Å². The summed E-state index contributed by atoms with van der Waals surface area (Å²) >= 11 is 0. The van der Waals surface area contributed by atoms with Crippen LogP contribution in [0.15, 0.2) is 24.3 Å². The normalized spacial score (nSPS) is 28.8. The van der Waals surface area contributed by atoms with Gasteiger partial charge in [0.05, 0.1) is 25.4 Å². The Bertz CT molecular complexity index is 429. The Labute approximate surface area is 121 Å². The summed E-state index contributed by atoms with van der Waals surface area (Å²) < 4.78 is 11.7. The van der Waals surface area contributed by atoms with Crippen molar-refractivity contribution < 1.29 is 9.47 Å². The SMILES string of the molecule is CCCNC1c2ccccc2CC1OCC1CCOC1. The van der Waals surface area contributed by atoms with Gasteiger partial charge < -0.3 is 14.8 Å². The molecular weight excluding hydrogens is 250 g/mol. The quantitative estimate of drug-likeness (QED) is 0.866. The molecule has 0 saturated carbocycles. The lowest BCUT2D eigenvalue weighted by molar-refractivity contribution is 0.0112. The highest BCUT2D eigenvalue weighted by Gasteiger charge is 2.33. The van der Waals surface area contributed by atoms with Crippen molar-refractivity contribution in [2.75, 3.05) is 26.4 Å². The van der Waals surface area contributed by atoms with Crippen LogP contribution in [0.2, 0.25) is 0 Å². The third-order valence-electron chi connectivity index (χ3n) is 4.37. The van der Waals surface area contributed by atoms with E-state index in [1.54, 1.807) is 0 Å². The summed E-state index contributed by atoms with van der Waals surface area (Å²) in [6.45, 7) is 5.86. The van der Waals surface area contributed by atoms with Gasteiger partial charge in [-0.25, -0.2) is 0 Å². The molecule has 0 aromatic heterocycles. The molecule has 3 unspecified atom stereocenters. The van der Waals surface area contributed by atoms with E-state index in [0.717, 1.165) is 45.6 Å². The van der Waals surface area contributed by atoms with Crippen molar-refractivity contribution in [3.05, 3.63) is 35.4 Å². The summed E-state index contributed by atoms with van der Waals surface area (Å²) in [6.07, 6.45) is 3.61. The highest BCUT2D eigenvalue weighted by atomic mass is 16.5. The Morgan fingerprint density at radius 3 is 3.05 bits per heavy atom. The summed E-state index contributed by atoms with van der Waals surface area (Å²) in [5.74, 6) is 0.588. The number of fused-ring (bicyclic) bond motifs is 1. The van der Waals surface area contributed by atoms with Crippen molar-refractivity contribution in [1.82, 2.24) is 5.32 Å². The van der Waals surface area contributed by atoms with Crippen LogP contribution in [-0.4, -0.2) is 32.5 Å². The first kappa shape index (κ1) is 14.1. The second kappa shape index (κ2) is 6.70. The molecule has 0 bridgehead atoms. The van der Waals surface area contributed by atoms with E-state index in [0.29, 0.717) is 12.0 Å². The predicted octanol–water partition coefficient (Wildman–Crippen LogP) is 2.71. The molecule has 1 aliphatic heterocycles. The molecule has 3 rings (SSSR count). The van der Waals surface area contributed by atoms with E-state index in [1.165, 1.54) is 11.1 Å². The monoisotopic (exact) mass is 275 g/mol. The summed E-state index contributed by atoms with van der Waals surface area (Å²) in [4.78, 5) is 0. The van der Waals surface area contributed by atoms with Crippen LogP contribution in [0.5, 0.6) is 0 Å². The highest BCUT2D eigenvalue weighted by molar-refractivity contribution is 5.36. The Balaban J connectivity index is 1.63. The molecule has 3 atom stereocenters. The van der Waals surface area contributed by atoms with Crippen molar-refractivity contribution in [2.24, 2.45) is 5.92 Å². The fourth-order valence-electron chi connectivity index (χ4n) is 3.23. The lowest BCUT2D eigenvalue weighted by atomic mass is 10.1. The van der Waals surface area contributed by atoms with Crippen molar-refractivity contribution in [3.8, 4) is 0 Å². The summed E-state index contributed by atoms with van der Waals surface area (Å²) in [7, 11) is 0. The third kappa shape index (κ3) is 3.05. The second-order valence-electron chi connectivity index (χ2n) is 5.94. The fourth-order valence-corrected chi connectivity index (χ4v) is 3.23. The number of nitrogens with one attached hydrogen (secondary N) is 1. The number of benzene rings is 1. The van der Waals surface area contributed by atoms with Gasteiger partial charge in [-0.3, -0.25) is 0 Å². The van der Waals surface area contributed by atoms with E-state index < -0.39 is 0 Å². The molecule has 0 spiro atoms. The zero-order valence-electron chi connectivity index (χ0n) is 12.3. The van der Waals surface area contributed by atoms with E-state index in [4.69, 9.17) is 9.47 Å². The minimum absolute atomic E-state index is 0.277. The van der Waals surface area contributed by atoms with Crippen molar-refractivity contribution in [1.29, 1.82) is 0 Å². The summed E-state index contributed by atoms with van der Waals surface area (Å²) in [5, 5.41) is 3.66. The lowest BCUT2D eigenvalue weighted by Gasteiger charge is -2.23. The largest absolute Gasteiger partial charge is 0.381 e. The Hall–Kier alpha value is -0.900. The van der Waals surface area contributed by atoms with Gasteiger partial charge in [0.2, 0.25) is 0 Å². The summed E-state index contributed by atoms with van der Waals surface area (Å²) in [5.41, 5.74) is 2.86. The molecule has 110 valence electrons. The zero-order chi connectivity index (χ0) is 13.8. The average molecular weight is 275 g/mol. The fraction of sp³-hybridized carbons (Fsp3) is 0.647. The molecule has 3 heteroatoms. The molecule has 20 heavy (non-hydrogen) atoms. The van der Waals surface area contributed by atoms with E-state index in [1.807, 2.05) is 0 Å². The van der Waals surface area contributed by atoms with Gasteiger partial charge in [0, 0.05) is 18.9 Å². The van der Waals surface area contributed by atoms with Crippen molar-refractivity contribution in [2.45, 2.75) is 38.3 Å². The van der Waals surface area contributed by atoms with Gasteiger partial charge >= 0.3 is 0 Å². The van der Waals surface area contributed by atoms with Gasteiger partial charge in [-0.2, -0.15) is 0 Å². The number of ether oxygens (including phenoxy) is 2. The minimum atomic E-state index is 0.277. The van der Waals surface area contributed by atoms with Crippen LogP contribution in [0.4, 0.5) is 0 Å². The van der Waals surface area contributed by atoms with E-state index in [2.05, 4.69) is 36.5 Å². The van der Waals surface area contributed by atoms with Crippen LogP contribution < -0.4 is 5.32 Å². The van der Waals surface area contributed by atoms with Crippen molar-refractivity contribution in [3.63, 3.8) is 0 Å². The van der Waals surface area contributed by atoms with Crippen LogP contribution in [0, 0.1) is 5.92 Å². The molecule has 1 fully saturated rings. The molecule has 1 aromatic carbocycles. The van der Waals surface area contributed by atoms with E-state index >= 15 is 0 Å². The van der Waals surface area contributed by atoms with Crippen LogP contribution in [0.1, 0.15) is 36.9 Å². The van der Waals surface area contributed by atoms with Gasteiger partial charge in [0.1, 0.15) is 0 Å². The highest BCUT2D eigenvalue weighted by Crippen LogP contribution is 2.33. The predicted molar refractivity (Wildman–Crippen MR) is 79.8 cm³/mol. The topological polar surface area (TPSA) is 30.5 Å². The maximum Gasteiger partial charge on any atom is 0.0810 e. The molecule has 2 aliphatic rings. The first-order valence-corrected chi connectivity index (χ1v) is 7.89. The second-order valence-corrected chi connectivity index (χ2v) is 5.94. The molecule has 1 aromatic rings. The minimum Gasteiger partial charge on any atom is -0.381 e. The number of rotatable bonds is 6. The standard InChI is InChI=1S/C17H25NO2/c1-2-8-18-17-15-6-4-3-5-14(15)10-16(17)20-12-13-7-9-19-11-13/h3-6,13,16-18H,2,7-12H2,1H3. The first-order valence-electron chi connectivity index (χ1n) is 7.89. The van der Waals surface area contributed by atoms with Crippen LogP contribution >= 0.6 is 0 Å². The summed E-state index contributed by atoms with van der Waals surface area (Å²) in [6, 6.07) is 9.09. The lowest BCUT2D eigenvalue weighted by Crippen LogP contribution is -2.32. The maximum atomic E-state index is 6.24. The molecular formula is C17H25NO2. The Morgan fingerprint density at radius 1 is 1.35 bits per heavy atom. The molecule has 3 nitrogen and oxygen atoms in total. The van der Waals surface area contributed by atoms with E-state index in [-0.39, 0.29) is 6.10 Å². The Kier molecular flexibility index (Phi) is 4.71. The zero-order valence-corrected chi connectivity index (χ0v) is 12.3. The molecule has 0 radical (unpaired) electrons. The third-order valence-corrected chi connectivity index (χ3v) is 4.37. The molecule has 1 N–H and O–H groups in total. The molecule has 1 aliphatic carbocycles. The van der Waals surface area contributed by atoms with Crippen molar-refractivity contribution >= 4 is 0 Å². The molecule has 1 heterocycles. The molecule has 0 amide bonds. The average Bonchev–Trinajstić information content (AvgIpc) is 3.10. The van der Waals surface area contributed by atoms with Gasteiger partial charge in [-0.05, 0) is 30.5 Å². The molecule has 1 saturated heterocycles. The Morgan fingerprint density at radius 2 is 2.25 bits per heavy atom. The van der Waals surface area contributed by atoms with Gasteiger partial charge in [0.25, 0.3) is 0 Å². The van der Waals surface area contributed by atoms with Gasteiger partial charge in [-0.1, -0.05) is 31.2 Å². The van der Waals surface area contributed by atoms with E-state index in [9.17, 15) is 0 Å². The van der Waals surface area contributed by atoms with Crippen LogP contribution in [0.25, 0.3) is 0 Å². The first-order chi connectivity index (χ1) is 9.88. The smallest absolute Gasteiger partial charge is 0.0810 e. The number of hydrogen-bond donors (Lipinski definition) is 1. The van der Waals surface area contributed by atoms with Gasteiger partial charge in [0.15, 0.2) is 0 Å².